The molecule has 0 unspecified atom stereocenters. The summed E-state index contributed by atoms with van der Waals surface area (Å²) in [5.74, 6) is -0.683. The van der Waals surface area contributed by atoms with Gasteiger partial charge in [0.2, 0.25) is 10.0 Å². The Balaban J connectivity index is 2.19. The molecule has 0 amide bonds. The van der Waals surface area contributed by atoms with Crippen molar-refractivity contribution in [2.75, 3.05) is 0 Å². The van der Waals surface area contributed by atoms with Gasteiger partial charge in [-0.15, -0.1) is 0 Å². The van der Waals surface area contributed by atoms with E-state index < -0.39 is 15.8 Å². The number of rotatable bonds is 4. The average molecular weight is 369 g/mol. The van der Waals surface area contributed by atoms with Crippen molar-refractivity contribution in [3.05, 3.63) is 62.8 Å². The average Bonchev–Trinajstić information content (AvgIpc) is 2.38. The van der Waals surface area contributed by atoms with E-state index in [4.69, 9.17) is 34.8 Å². The predicted molar refractivity (Wildman–Crippen MR) is 81.9 cm³/mol. The van der Waals surface area contributed by atoms with Crippen LogP contribution in [0.2, 0.25) is 15.1 Å². The van der Waals surface area contributed by atoms with Gasteiger partial charge in [0.1, 0.15) is 5.82 Å². The van der Waals surface area contributed by atoms with Crippen molar-refractivity contribution in [2.45, 2.75) is 11.4 Å². The summed E-state index contributed by atoms with van der Waals surface area (Å²) in [5, 5.41) is 0.548. The lowest BCUT2D eigenvalue weighted by Gasteiger charge is -2.08. The second kappa shape index (κ2) is 6.50. The molecule has 1 N–H and O–H groups in total. The molecule has 2 aromatic rings. The molecule has 2 aromatic carbocycles. The minimum absolute atomic E-state index is 0.00237. The number of halogens is 4. The first-order valence-corrected chi connectivity index (χ1v) is 8.29. The van der Waals surface area contributed by atoms with Crippen LogP contribution in [-0.2, 0) is 16.6 Å². The third-order valence-corrected chi connectivity index (χ3v) is 4.72. The van der Waals surface area contributed by atoms with E-state index in [-0.39, 0.29) is 16.5 Å². The molecule has 0 aromatic heterocycles. The summed E-state index contributed by atoms with van der Waals surface area (Å²) < 4.78 is 39.6. The third kappa shape index (κ3) is 4.31. The van der Waals surface area contributed by atoms with Crippen molar-refractivity contribution >= 4 is 44.8 Å². The van der Waals surface area contributed by atoms with Crippen LogP contribution < -0.4 is 4.72 Å². The number of hydrogen-bond donors (Lipinski definition) is 1. The Morgan fingerprint density at radius 3 is 2.19 bits per heavy atom. The van der Waals surface area contributed by atoms with Crippen LogP contribution in [0.25, 0.3) is 0 Å². The Labute approximate surface area is 136 Å². The highest BCUT2D eigenvalue weighted by Gasteiger charge is 2.15. The highest BCUT2D eigenvalue weighted by molar-refractivity contribution is 7.89. The van der Waals surface area contributed by atoms with Gasteiger partial charge < -0.3 is 0 Å². The molecule has 0 fully saturated rings. The van der Waals surface area contributed by atoms with Gasteiger partial charge in [-0.2, -0.15) is 0 Å². The normalized spacial score (nSPS) is 11.6. The first-order valence-electron chi connectivity index (χ1n) is 5.67. The molecule has 0 spiro atoms. The molecule has 2 rings (SSSR count). The van der Waals surface area contributed by atoms with Crippen molar-refractivity contribution in [3.63, 3.8) is 0 Å². The SMILES string of the molecule is O=S(=O)(NCc1cc(Cl)cc(Cl)c1)c1ccc(F)c(Cl)c1. The van der Waals surface area contributed by atoms with Gasteiger partial charge in [0.05, 0.1) is 9.92 Å². The van der Waals surface area contributed by atoms with Crippen LogP contribution in [0.4, 0.5) is 4.39 Å². The van der Waals surface area contributed by atoms with Crippen LogP contribution in [0.15, 0.2) is 41.3 Å². The van der Waals surface area contributed by atoms with Gasteiger partial charge in [0, 0.05) is 16.6 Å². The molecular formula is C13H9Cl3FNO2S. The topological polar surface area (TPSA) is 46.2 Å². The van der Waals surface area contributed by atoms with E-state index in [9.17, 15) is 12.8 Å². The number of sulfonamides is 1. The summed E-state index contributed by atoms with van der Waals surface area (Å²) in [6.45, 7) is -0.00237. The second-order valence-electron chi connectivity index (χ2n) is 4.18. The lowest BCUT2D eigenvalue weighted by Crippen LogP contribution is -2.23. The minimum Gasteiger partial charge on any atom is -0.207 e. The summed E-state index contributed by atoms with van der Waals surface area (Å²) in [7, 11) is -3.81. The molecule has 0 aliphatic heterocycles. The Bertz CT molecular complexity index is 761. The number of benzene rings is 2. The molecule has 0 atom stereocenters. The summed E-state index contributed by atoms with van der Waals surface area (Å²) in [6.07, 6.45) is 0. The Hall–Kier alpha value is -0.850. The zero-order valence-corrected chi connectivity index (χ0v) is 13.5. The minimum atomic E-state index is -3.81. The summed E-state index contributed by atoms with van der Waals surface area (Å²) in [5.41, 5.74) is 0.601. The van der Waals surface area contributed by atoms with E-state index in [2.05, 4.69) is 4.72 Å². The lowest BCUT2D eigenvalue weighted by atomic mass is 10.2. The van der Waals surface area contributed by atoms with Crippen LogP contribution >= 0.6 is 34.8 Å². The summed E-state index contributed by atoms with van der Waals surface area (Å²) >= 11 is 17.2. The molecular weight excluding hydrogens is 360 g/mol. The Morgan fingerprint density at radius 2 is 1.62 bits per heavy atom. The fourth-order valence-electron chi connectivity index (χ4n) is 1.62. The fraction of sp³-hybridized carbons (Fsp3) is 0.0769. The highest BCUT2D eigenvalue weighted by atomic mass is 35.5. The molecule has 112 valence electrons. The summed E-state index contributed by atoms with van der Waals surface area (Å²) in [4.78, 5) is -0.123. The highest BCUT2D eigenvalue weighted by Crippen LogP contribution is 2.21. The third-order valence-electron chi connectivity index (χ3n) is 2.59. The van der Waals surface area contributed by atoms with E-state index >= 15 is 0 Å². The predicted octanol–water partition coefficient (Wildman–Crippen LogP) is 4.26. The standard InChI is InChI=1S/C13H9Cl3FNO2S/c14-9-3-8(4-10(15)5-9)7-18-21(19,20)11-1-2-13(17)12(16)6-11/h1-6,18H,7H2. The van der Waals surface area contributed by atoms with Gasteiger partial charge in [0.25, 0.3) is 0 Å². The van der Waals surface area contributed by atoms with Crippen LogP contribution in [0.1, 0.15) is 5.56 Å². The Morgan fingerprint density at radius 1 is 1.00 bits per heavy atom. The largest absolute Gasteiger partial charge is 0.240 e. The van der Waals surface area contributed by atoms with Gasteiger partial charge in [-0.25, -0.2) is 17.5 Å². The van der Waals surface area contributed by atoms with E-state index in [1.807, 2.05) is 0 Å². The molecule has 0 aliphatic rings. The van der Waals surface area contributed by atoms with Crippen molar-refractivity contribution in [3.8, 4) is 0 Å². The molecule has 21 heavy (non-hydrogen) atoms. The van der Waals surface area contributed by atoms with E-state index in [0.29, 0.717) is 15.6 Å². The van der Waals surface area contributed by atoms with Crippen LogP contribution in [0.3, 0.4) is 0 Å². The van der Waals surface area contributed by atoms with Gasteiger partial charge in [0.15, 0.2) is 0 Å². The molecule has 8 heteroatoms. The number of nitrogens with one attached hydrogen (secondary N) is 1. The van der Waals surface area contributed by atoms with Gasteiger partial charge in [-0.05, 0) is 42.0 Å². The maximum absolute atomic E-state index is 13.1. The monoisotopic (exact) mass is 367 g/mol. The maximum atomic E-state index is 13.1. The lowest BCUT2D eigenvalue weighted by molar-refractivity contribution is 0.580. The van der Waals surface area contributed by atoms with Gasteiger partial charge >= 0.3 is 0 Å². The first-order chi connectivity index (χ1) is 9.78. The van der Waals surface area contributed by atoms with Crippen LogP contribution in [0, 0.1) is 5.82 Å². The van der Waals surface area contributed by atoms with E-state index in [0.717, 1.165) is 18.2 Å². The van der Waals surface area contributed by atoms with Crippen LogP contribution in [0.5, 0.6) is 0 Å². The molecule has 0 bridgehead atoms. The summed E-state index contributed by atoms with van der Waals surface area (Å²) in [6, 6.07) is 7.90. The molecule has 0 saturated carbocycles. The molecule has 0 aliphatic carbocycles. The van der Waals surface area contributed by atoms with Gasteiger partial charge in [-0.3, -0.25) is 0 Å². The quantitative estimate of drug-likeness (QED) is 0.876. The molecule has 0 saturated heterocycles. The first kappa shape index (κ1) is 16.5. The molecule has 3 nitrogen and oxygen atoms in total. The molecule has 0 heterocycles. The van der Waals surface area contributed by atoms with Crippen molar-refractivity contribution in [1.82, 2.24) is 4.72 Å². The zero-order chi connectivity index (χ0) is 15.6. The van der Waals surface area contributed by atoms with Crippen molar-refractivity contribution in [1.29, 1.82) is 0 Å². The smallest absolute Gasteiger partial charge is 0.207 e. The van der Waals surface area contributed by atoms with Crippen molar-refractivity contribution in [2.24, 2.45) is 0 Å². The Kier molecular flexibility index (Phi) is 5.11. The van der Waals surface area contributed by atoms with E-state index in [1.54, 1.807) is 18.2 Å². The number of hydrogen-bond acceptors (Lipinski definition) is 2. The van der Waals surface area contributed by atoms with Gasteiger partial charge in [-0.1, -0.05) is 34.8 Å². The fourth-order valence-corrected chi connectivity index (χ4v) is 3.48. The van der Waals surface area contributed by atoms with Crippen molar-refractivity contribution < 1.29 is 12.8 Å². The van der Waals surface area contributed by atoms with E-state index in [1.165, 1.54) is 0 Å². The maximum Gasteiger partial charge on any atom is 0.240 e. The second-order valence-corrected chi connectivity index (χ2v) is 7.23. The molecule has 0 radical (unpaired) electrons. The zero-order valence-electron chi connectivity index (χ0n) is 10.4. The van der Waals surface area contributed by atoms with Crippen LogP contribution in [-0.4, -0.2) is 8.42 Å².